The highest BCUT2D eigenvalue weighted by Gasteiger charge is 2.60. The molecule has 0 unspecified atom stereocenters. The summed E-state index contributed by atoms with van der Waals surface area (Å²) in [6.45, 7) is 0. The molecule has 2 amide bonds. The second-order valence-electron chi connectivity index (χ2n) is 4.57. The van der Waals surface area contributed by atoms with Crippen molar-refractivity contribution in [3.63, 3.8) is 0 Å². The third-order valence-electron chi connectivity index (χ3n) is 3.73. The van der Waals surface area contributed by atoms with Gasteiger partial charge in [0.15, 0.2) is 0 Å². The Labute approximate surface area is 106 Å². The summed E-state index contributed by atoms with van der Waals surface area (Å²) < 4.78 is 0. The number of hydrogen-bond acceptors (Lipinski definition) is 4. The number of hydroxylamine groups is 2. The van der Waals surface area contributed by atoms with Gasteiger partial charge in [-0.2, -0.15) is 0 Å². The predicted octanol–water partition coefficient (Wildman–Crippen LogP) is 0.647. The van der Waals surface area contributed by atoms with E-state index in [9.17, 15) is 14.4 Å². The van der Waals surface area contributed by atoms with E-state index in [0.717, 1.165) is 6.42 Å². The largest absolute Gasteiger partial charge is 0.343 e. The Kier molecular flexibility index (Phi) is 2.36. The van der Waals surface area contributed by atoms with E-state index in [1.54, 1.807) is 0 Å². The lowest BCUT2D eigenvalue weighted by Crippen LogP contribution is -2.35. The Bertz CT molecular complexity index is 417. The molecular formula is C11H10BrNO4. The van der Waals surface area contributed by atoms with Crippen molar-refractivity contribution in [3.05, 3.63) is 12.2 Å². The Balaban J connectivity index is 1.85. The maximum absolute atomic E-state index is 12.0. The summed E-state index contributed by atoms with van der Waals surface area (Å²) in [7, 11) is 0. The van der Waals surface area contributed by atoms with Crippen molar-refractivity contribution in [2.75, 3.05) is 5.33 Å². The third kappa shape index (κ3) is 1.40. The number of hydrogen-bond donors (Lipinski definition) is 0. The van der Waals surface area contributed by atoms with Gasteiger partial charge in [0.25, 0.3) is 11.8 Å². The minimum atomic E-state index is -0.632. The average molecular weight is 300 g/mol. The van der Waals surface area contributed by atoms with Crippen molar-refractivity contribution >= 4 is 33.7 Å². The highest BCUT2D eigenvalue weighted by atomic mass is 79.9. The molecule has 0 aromatic carbocycles. The molecule has 3 aliphatic rings. The first-order valence-corrected chi connectivity index (χ1v) is 6.58. The van der Waals surface area contributed by atoms with Crippen molar-refractivity contribution in [1.82, 2.24) is 5.06 Å². The van der Waals surface area contributed by atoms with Crippen molar-refractivity contribution in [2.24, 2.45) is 23.7 Å². The van der Waals surface area contributed by atoms with Gasteiger partial charge >= 0.3 is 5.97 Å². The molecule has 17 heavy (non-hydrogen) atoms. The normalized spacial score (nSPS) is 37.8. The molecule has 0 spiro atoms. The average Bonchev–Trinajstić information content (AvgIpc) is 2.98. The second-order valence-corrected chi connectivity index (χ2v) is 5.13. The minimum Gasteiger partial charge on any atom is -0.329 e. The smallest absolute Gasteiger partial charge is 0.329 e. The highest BCUT2D eigenvalue weighted by molar-refractivity contribution is 9.09. The van der Waals surface area contributed by atoms with Crippen LogP contribution in [-0.4, -0.2) is 28.2 Å². The first kappa shape index (κ1) is 11.0. The van der Waals surface area contributed by atoms with Crippen LogP contribution >= 0.6 is 15.9 Å². The highest BCUT2D eigenvalue weighted by Crippen LogP contribution is 2.52. The van der Waals surface area contributed by atoms with Crippen LogP contribution in [0.3, 0.4) is 0 Å². The molecule has 0 radical (unpaired) electrons. The maximum Gasteiger partial charge on any atom is 0.343 e. The lowest BCUT2D eigenvalue weighted by molar-refractivity contribution is -0.197. The topological polar surface area (TPSA) is 63.7 Å². The van der Waals surface area contributed by atoms with Crippen LogP contribution in [0.5, 0.6) is 0 Å². The van der Waals surface area contributed by atoms with E-state index in [0.29, 0.717) is 5.06 Å². The zero-order valence-corrected chi connectivity index (χ0v) is 10.4. The number of alkyl halides is 1. The van der Waals surface area contributed by atoms with Gasteiger partial charge in [-0.05, 0) is 18.3 Å². The summed E-state index contributed by atoms with van der Waals surface area (Å²) in [6.07, 6.45) is 4.85. The van der Waals surface area contributed by atoms with Gasteiger partial charge in [-0.1, -0.05) is 28.1 Å². The predicted molar refractivity (Wildman–Crippen MR) is 59.5 cm³/mol. The number of carbonyl (C=O) groups is 3. The number of allylic oxidation sites excluding steroid dienone is 2. The number of carbonyl (C=O) groups excluding carboxylic acids is 3. The van der Waals surface area contributed by atoms with E-state index in [2.05, 4.69) is 15.9 Å². The monoisotopic (exact) mass is 299 g/mol. The number of fused-ring (bicyclic) bond motifs is 5. The van der Waals surface area contributed by atoms with Crippen molar-refractivity contribution in [2.45, 2.75) is 6.42 Å². The molecule has 4 atom stereocenters. The quantitative estimate of drug-likeness (QED) is 0.427. The Morgan fingerprint density at radius 3 is 2.29 bits per heavy atom. The number of imide groups is 1. The first-order chi connectivity index (χ1) is 8.13. The van der Waals surface area contributed by atoms with Crippen LogP contribution in [0.2, 0.25) is 0 Å². The molecule has 0 aromatic rings. The SMILES string of the molecule is O=C(CBr)ON1C(=O)[C@@H]2[C@H](C1=O)[C@@H]1C=C[C@H]2C1. The van der Waals surface area contributed by atoms with Crippen molar-refractivity contribution in [3.8, 4) is 0 Å². The molecule has 0 N–H and O–H groups in total. The van der Waals surface area contributed by atoms with Crippen LogP contribution in [0.15, 0.2) is 12.2 Å². The van der Waals surface area contributed by atoms with Gasteiger partial charge in [-0.25, -0.2) is 4.79 Å². The molecule has 0 aromatic heterocycles. The number of halogens is 1. The molecule has 2 aliphatic carbocycles. The van der Waals surface area contributed by atoms with E-state index >= 15 is 0 Å². The van der Waals surface area contributed by atoms with E-state index in [1.165, 1.54) is 0 Å². The van der Waals surface area contributed by atoms with Crippen LogP contribution in [0, 0.1) is 23.7 Å². The Morgan fingerprint density at radius 1 is 1.29 bits per heavy atom. The molecule has 5 nitrogen and oxygen atoms in total. The number of rotatable bonds is 2. The maximum atomic E-state index is 12.0. The van der Waals surface area contributed by atoms with Gasteiger partial charge in [0, 0.05) is 0 Å². The van der Waals surface area contributed by atoms with Gasteiger partial charge in [0.2, 0.25) is 0 Å². The fourth-order valence-electron chi connectivity index (χ4n) is 3.09. The van der Waals surface area contributed by atoms with Crippen LogP contribution in [-0.2, 0) is 19.2 Å². The van der Waals surface area contributed by atoms with Crippen molar-refractivity contribution < 1.29 is 19.2 Å². The molecule has 1 saturated carbocycles. The summed E-state index contributed by atoms with van der Waals surface area (Å²) in [5, 5.41) is 0.621. The summed E-state index contributed by atoms with van der Waals surface area (Å²) in [6, 6.07) is 0. The first-order valence-electron chi connectivity index (χ1n) is 5.46. The molecule has 1 saturated heterocycles. The molecule has 1 heterocycles. The van der Waals surface area contributed by atoms with Crippen LogP contribution in [0.1, 0.15) is 6.42 Å². The fourth-order valence-corrected chi connectivity index (χ4v) is 3.19. The lowest BCUT2D eigenvalue weighted by atomic mass is 9.85. The summed E-state index contributed by atoms with van der Waals surface area (Å²) in [5.41, 5.74) is 0. The van der Waals surface area contributed by atoms with Gasteiger partial charge in [-0.3, -0.25) is 9.59 Å². The van der Waals surface area contributed by atoms with Gasteiger partial charge in [0.05, 0.1) is 11.8 Å². The molecule has 3 rings (SSSR count). The fraction of sp³-hybridized carbons (Fsp3) is 0.545. The summed E-state index contributed by atoms with van der Waals surface area (Å²) in [4.78, 5) is 39.9. The second kappa shape index (κ2) is 3.66. The van der Waals surface area contributed by atoms with Gasteiger partial charge < -0.3 is 4.84 Å². The van der Waals surface area contributed by atoms with E-state index in [4.69, 9.17) is 4.84 Å². The molecule has 1 aliphatic heterocycles. The van der Waals surface area contributed by atoms with E-state index in [-0.39, 0.29) is 40.8 Å². The third-order valence-corrected chi connectivity index (χ3v) is 4.19. The van der Waals surface area contributed by atoms with E-state index < -0.39 is 5.97 Å². The van der Waals surface area contributed by atoms with Gasteiger partial charge in [-0.15, -0.1) is 5.06 Å². The summed E-state index contributed by atoms with van der Waals surface area (Å²) >= 11 is 2.92. The van der Waals surface area contributed by atoms with Crippen LogP contribution in [0.25, 0.3) is 0 Å². The molecular weight excluding hydrogens is 290 g/mol. The molecule has 2 bridgehead atoms. The number of amides is 2. The Hall–Kier alpha value is -1.17. The molecule has 90 valence electrons. The Morgan fingerprint density at radius 2 is 1.82 bits per heavy atom. The zero-order valence-electron chi connectivity index (χ0n) is 8.84. The van der Waals surface area contributed by atoms with Gasteiger partial charge in [0.1, 0.15) is 5.33 Å². The molecule has 6 heteroatoms. The lowest BCUT2D eigenvalue weighted by Gasteiger charge is -2.14. The van der Waals surface area contributed by atoms with Crippen molar-refractivity contribution in [1.29, 1.82) is 0 Å². The number of nitrogens with zero attached hydrogens (tertiary/aromatic N) is 1. The molecule has 2 fully saturated rings. The standard InChI is InChI=1S/C11H10BrNO4/c12-4-7(14)17-13-10(15)8-5-1-2-6(3-5)9(8)11(13)16/h1-2,5-6,8-9H,3-4H2/t5-,6+,8-,9+. The zero-order chi connectivity index (χ0) is 12.2. The summed E-state index contributed by atoms with van der Waals surface area (Å²) in [5.74, 6) is -1.74. The van der Waals surface area contributed by atoms with Crippen LogP contribution in [0.4, 0.5) is 0 Å². The minimum absolute atomic E-state index is 0.0372. The van der Waals surface area contributed by atoms with E-state index in [1.807, 2.05) is 12.2 Å². The van der Waals surface area contributed by atoms with Crippen LogP contribution < -0.4 is 0 Å².